The number of benzene rings is 2. The molecule has 1 heterocycles. The molecule has 11 nitrogen and oxygen atoms in total. The molecule has 0 aliphatic carbocycles. The molecule has 1 amide bonds. The van der Waals surface area contributed by atoms with E-state index in [9.17, 15) is 27.9 Å². The third kappa shape index (κ3) is 9.90. The van der Waals surface area contributed by atoms with Crippen LogP contribution < -0.4 is 9.47 Å². The van der Waals surface area contributed by atoms with Crippen LogP contribution in [0.4, 0.5) is 19.3 Å². The van der Waals surface area contributed by atoms with Crippen molar-refractivity contribution >= 4 is 33.1 Å². The van der Waals surface area contributed by atoms with Gasteiger partial charge in [0.15, 0.2) is 17.4 Å². The topological polar surface area (TPSA) is 143 Å². The Bertz CT molecular complexity index is 1570. The molecular weight excluding hydrogens is 586 g/mol. The first-order valence-electron chi connectivity index (χ1n) is 12.1. The van der Waals surface area contributed by atoms with Crippen molar-refractivity contribution in [3.63, 3.8) is 0 Å². The molecule has 0 N–H and O–H groups in total. The first-order chi connectivity index (χ1) is 19.1. The van der Waals surface area contributed by atoms with Gasteiger partial charge in [-0.15, -0.1) is 4.36 Å². The smallest absolute Gasteiger partial charge is 0.442 e. The van der Waals surface area contributed by atoms with E-state index in [0.29, 0.717) is 0 Å². The molecule has 1 unspecified atom stereocenters. The fourth-order valence-corrected chi connectivity index (χ4v) is 4.77. The van der Waals surface area contributed by atoms with Gasteiger partial charge in [-0.1, -0.05) is 0 Å². The van der Waals surface area contributed by atoms with E-state index in [4.69, 9.17) is 25.8 Å². The van der Waals surface area contributed by atoms with Crippen LogP contribution in [0.15, 0.2) is 47.0 Å². The number of nitro groups is 1. The zero-order valence-electron chi connectivity index (χ0n) is 22.6. The lowest BCUT2D eigenvalue weighted by Gasteiger charge is -2.17. The van der Waals surface area contributed by atoms with Crippen molar-refractivity contribution in [2.24, 2.45) is 4.36 Å². The van der Waals surface area contributed by atoms with E-state index in [2.05, 4.69) is 14.3 Å². The molecule has 15 heteroatoms. The molecule has 0 fully saturated rings. The minimum absolute atomic E-state index is 0.00723. The minimum atomic E-state index is -3.13. The number of hydrogen-bond donors (Lipinski definition) is 0. The van der Waals surface area contributed by atoms with Gasteiger partial charge in [-0.05, 0) is 62.2 Å². The number of rotatable bonds is 10. The van der Waals surface area contributed by atoms with Crippen LogP contribution in [0.3, 0.4) is 0 Å². The molecular formula is C26H27ClF2N4O7S. The quantitative estimate of drug-likeness (QED) is 0.110. The second-order valence-corrected chi connectivity index (χ2v) is 12.5. The van der Waals surface area contributed by atoms with Gasteiger partial charge in [0.25, 0.3) is 5.69 Å². The second-order valence-electron chi connectivity index (χ2n) is 9.80. The monoisotopic (exact) mass is 612 g/mol. The molecule has 2 aromatic carbocycles. The van der Waals surface area contributed by atoms with Crippen LogP contribution in [0.25, 0.3) is 11.3 Å². The molecule has 3 aromatic rings. The third-order valence-electron chi connectivity index (χ3n) is 4.99. The summed E-state index contributed by atoms with van der Waals surface area (Å²) in [6, 6.07) is 7.55. The lowest BCUT2D eigenvalue weighted by atomic mass is 10.1. The van der Waals surface area contributed by atoms with Crippen LogP contribution in [-0.2, 0) is 20.2 Å². The molecule has 3 rings (SSSR count). The predicted molar refractivity (Wildman–Crippen MR) is 148 cm³/mol. The van der Waals surface area contributed by atoms with Crippen LogP contribution >= 0.6 is 11.6 Å². The zero-order chi connectivity index (χ0) is 30.4. The number of non-ortho nitro benzene ring substituents is 1. The number of carbonyl (C=O) groups excluding carboxylic acids is 1. The molecule has 0 spiro atoms. The van der Waals surface area contributed by atoms with E-state index in [1.807, 2.05) is 0 Å². The summed E-state index contributed by atoms with van der Waals surface area (Å²) >= 11 is 5.73. The number of nitro benzene ring substituents is 1. The summed E-state index contributed by atoms with van der Waals surface area (Å²) in [4.78, 5) is 30.1. The van der Waals surface area contributed by atoms with Crippen molar-refractivity contribution in [2.45, 2.75) is 38.5 Å². The first-order valence-corrected chi connectivity index (χ1v) is 14.5. The molecule has 0 aliphatic rings. The third-order valence-corrected chi connectivity index (χ3v) is 6.58. The highest BCUT2D eigenvalue weighted by Crippen LogP contribution is 2.28. The van der Waals surface area contributed by atoms with E-state index in [-0.39, 0.29) is 64.7 Å². The maximum Gasteiger partial charge on any atom is 0.442 e. The van der Waals surface area contributed by atoms with E-state index in [1.165, 1.54) is 36.6 Å². The van der Waals surface area contributed by atoms with Crippen molar-refractivity contribution in [2.75, 3.05) is 19.5 Å². The minimum Gasteiger partial charge on any atom is -0.493 e. The Balaban J connectivity index is 1.64. The van der Waals surface area contributed by atoms with Crippen molar-refractivity contribution in [3.8, 4) is 22.8 Å². The maximum atomic E-state index is 14.3. The number of halogens is 3. The lowest BCUT2D eigenvalue weighted by molar-refractivity contribution is -0.385. The maximum absolute atomic E-state index is 14.3. The number of nitrogens with zero attached hydrogens (tertiary/aromatic N) is 4. The molecule has 0 aliphatic heterocycles. The number of ether oxygens (including phenoxy) is 3. The van der Waals surface area contributed by atoms with Gasteiger partial charge in [0, 0.05) is 24.3 Å². The van der Waals surface area contributed by atoms with Gasteiger partial charge in [-0.3, -0.25) is 10.1 Å². The highest BCUT2D eigenvalue weighted by Gasteiger charge is 2.19. The van der Waals surface area contributed by atoms with Gasteiger partial charge in [-0.25, -0.2) is 27.8 Å². The van der Waals surface area contributed by atoms with Gasteiger partial charge in [0.05, 0.1) is 45.9 Å². The highest BCUT2D eigenvalue weighted by atomic mass is 35.5. The summed E-state index contributed by atoms with van der Waals surface area (Å²) in [7, 11) is -3.13. The Morgan fingerprint density at radius 1 is 1.12 bits per heavy atom. The molecule has 0 bridgehead atoms. The average molecular weight is 613 g/mol. The fourth-order valence-electron chi connectivity index (χ4n) is 3.44. The van der Waals surface area contributed by atoms with Crippen molar-refractivity contribution in [1.29, 1.82) is 0 Å². The number of carbonyl (C=O) groups is 1. The SMILES string of the molecule is CC(C)(C)OC(=O)N=S(C)(=O)Cc1cc(OCCCOc2cc(-c3nc(Cl)ncc3F)ccc2F)cc([N+](=O)[O-])c1. The molecule has 1 aromatic heterocycles. The summed E-state index contributed by atoms with van der Waals surface area (Å²) in [5, 5.41) is 11.3. The summed E-state index contributed by atoms with van der Waals surface area (Å²) in [5.41, 5.74) is -0.758. The van der Waals surface area contributed by atoms with Gasteiger partial charge < -0.3 is 14.2 Å². The van der Waals surface area contributed by atoms with Crippen molar-refractivity contribution in [3.05, 3.63) is 75.2 Å². The Labute approximate surface area is 240 Å². The first kappa shape index (κ1) is 31.6. The molecule has 220 valence electrons. The predicted octanol–water partition coefficient (Wildman–Crippen LogP) is 6.36. The van der Waals surface area contributed by atoms with Gasteiger partial charge in [0.1, 0.15) is 17.0 Å². The van der Waals surface area contributed by atoms with Crippen molar-refractivity contribution < 1.29 is 36.9 Å². The van der Waals surface area contributed by atoms with E-state index in [1.54, 1.807) is 20.8 Å². The van der Waals surface area contributed by atoms with Crippen LogP contribution in [0, 0.1) is 21.7 Å². The van der Waals surface area contributed by atoms with Gasteiger partial charge in [-0.2, -0.15) is 0 Å². The largest absolute Gasteiger partial charge is 0.493 e. The molecule has 41 heavy (non-hydrogen) atoms. The summed E-state index contributed by atoms with van der Waals surface area (Å²) in [6.45, 7) is 4.93. The average Bonchev–Trinajstić information content (AvgIpc) is 2.84. The Morgan fingerprint density at radius 2 is 1.83 bits per heavy atom. The molecule has 0 radical (unpaired) electrons. The highest BCUT2D eigenvalue weighted by molar-refractivity contribution is 7.92. The summed E-state index contributed by atoms with van der Waals surface area (Å²) in [6.07, 6.45) is 1.39. The van der Waals surface area contributed by atoms with Gasteiger partial charge >= 0.3 is 6.09 Å². The number of hydrogen-bond acceptors (Lipinski definition) is 9. The van der Waals surface area contributed by atoms with Crippen LogP contribution in [0.2, 0.25) is 5.28 Å². The standard InChI is InChI=1S/C26H27ClF2N4O7S/c1-26(2,3)40-25(34)32-41(4,37)15-16-10-18(33(35)36)13-19(11-16)38-8-5-9-39-22-12-17(6-7-20(22)28)23-21(29)14-30-24(27)31-23/h6-7,10-14H,5,8-9,15H2,1-4H3. The van der Waals surface area contributed by atoms with Crippen LogP contribution in [0.1, 0.15) is 32.8 Å². The molecule has 0 saturated heterocycles. The normalized spacial score (nSPS) is 12.8. The Kier molecular flexibility index (Phi) is 10.2. The summed E-state index contributed by atoms with van der Waals surface area (Å²) in [5.74, 6) is -1.72. The van der Waals surface area contributed by atoms with E-state index in [0.717, 1.165) is 12.3 Å². The Hall–Kier alpha value is -3.91. The van der Waals surface area contributed by atoms with E-state index < -0.39 is 38.0 Å². The Morgan fingerprint density at radius 3 is 2.51 bits per heavy atom. The molecule has 1 atom stereocenters. The van der Waals surface area contributed by atoms with Crippen LogP contribution in [-0.4, -0.2) is 50.3 Å². The van der Waals surface area contributed by atoms with Gasteiger partial charge in [0.2, 0.25) is 5.28 Å². The lowest BCUT2D eigenvalue weighted by Crippen LogP contribution is -2.22. The zero-order valence-corrected chi connectivity index (χ0v) is 24.1. The van der Waals surface area contributed by atoms with Crippen molar-refractivity contribution in [1.82, 2.24) is 9.97 Å². The number of amides is 1. The van der Waals surface area contributed by atoms with E-state index >= 15 is 0 Å². The summed E-state index contributed by atoms with van der Waals surface area (Å²) < 4.78 is 61.0. The fraction of sp³-hybridized carbons (Fsp3) is 0.346. The second kappa shape index (κ2) is 13.2. The number of aromatic nitrogens is 2. The van der Waals surface area contributed by atoms with Crippen LogP contribution in [0.5, 0.6) is 11.5 Å². The molecule has 0 saturated carbocycles.